The molecule has 0 spiro atoms. The molecule has 2 aromatic rings. The number of hydrogen-bond acceptors (Lipinski definition) is 2. The van der Waals surface area contributed by atoms with Crippen LogP contribution in [0, 0.1) is 19.7 Å². The van der Waals surface area contributed by atoms with E-state index in [1.54, 1.807) is 13.0 Å². The van der Waals surface area contributed by atoms with Gasteiger partial charge in [0, 0.05) is 17.3 Å². The lowest BCUT2D eigenvalue weighted by Gasteiger charge is -2.11. The summed E-state index contributed by atoms with van der Waals surface area (Å²) in [7, 11) is 0. The van der Waals surface area contributed by atoms with Gasteiger partial charge in [0.15, 0.2) is 0 Å². The number of para-hydroxylation sites is 1. The molecule has 0 bridgehead atoms. The molecule has 2 rings (SSSR count). The minimum atomic E-state index is -0.253. The van der Waals surface area contributed by atoms with E-state index in [2.05, 4.69) is 0 Å². The van der Waals surface area contributed by atoms with E-state index in [9.17, 15) is 4.39 Å². The zero-order valence-electron chi connectivity index (χ0n) is 10.5. The first kappa shape index (κ1) is 12.4. The van der Waals surface area contributed by atoms with E-state index in [1.807, 2.05) is 31.2 Å². The van der Waals surface area contributed by atoms with Crippen molar-refractivity contribution in [3.63, 3.8) is 0 Å². The Kier molecular flexibility index (Phi) is 3.51. The third-order valence-electron chi connectivity index (χ3n) is 2.89. The highest BCUT2D eigenvalue weighted by Crippen LogP contribution is 2.23. The van der Waals surface area contributed by atoms with Gasteiger partial charge in [-0.05, 0) is 37.1 Å². The predicted molar refractivity (Wildman–Crippen MR) is 71.1 cm³/mol. The van der Waals surface area contributed by atoms with E-state index < -0.39 is 0 Å². The third-order valence-corrected chi connectivity index (χ3v) is 2.89. The van der Waals surface area contributed by atoms with E-state index >= 15 is 0 Å². The summed E-state index contributed by atoms with van der Waals surface area (Å²) in [4.78, 5) is 0. The molecule has 0 aromatic heterocycles. The molecule has 18 heavy (non-hydrogen) atoms. The first-order chi connectivity index (χ1) is 8.58. The fourth-order valence-corrected chi connectivity index (χ4v) is 1.78. The molecule has 0 heterocycles. The van der Waals surface area contributed by atoms with Crippen molar-refractivity contribution in [1.82, 2.24) is 0 Å². The highest BCUT2D eigenvalue weighted by Gasteiger charge is 2.06. The number of hydrogen-bond donors (Lipinski definition) is 1. The van der Waals surface area contributed by atoms with E-state index in [-0.39, 0.29) is 5.82 Å². The number of halogens is 1. The average molecular weight is 245 g/mol. The molecule has 94 valence electrons. The van der Waals surface area contributed by atoms with Crippen LogP contribution in [0.1, 0.15) is 16.7 Å². The lowest BCUT2D eigenvalue weighted by atomic mass is 10.1. The van der Waals surface area contributed by atoms with Gasteiger partial charge in [-0.2, -0.15) is 0 Å². The van der Waals surface area contributed by atoms with E-state index in [1.165, 1.54) is 6.07 Å². The van der Waals surface area contributed by atoms with E-state index in [0.29, 0.717) is 23.6 Å². The van der Waals surface area contributed by atoms with Crippen LogP contribution < -0.4 is 10.5 Å². The summed E-state index contributed by atoms with van der Waals surface area (Å²) in [6.07, 6.45) is 0. The van der Waals surface area contributed by atoms with Crippen LogP contribution in [0.15, 0.2) is 36.4 Å². The zero-order chi connectivity index (χ0) is 13.1. The molecule has 0 saturated carbocycles. The van der Waals surface area contributed by atoms with Crippen LogP contribution >= 0.6 is 0 Å². The van der Waals surface area contributed by atoms with E-state index in [0.717, 1.165) is 11.1 Å². The van der Waals surface area contributed by atoms with Gasteiger partial charge in [0.25, 0.3) is 0 Å². The number of benzene rings is 2. The van der Waals surface area contributed by atoms with Crippen LogP contribution in [0.25, 0.3) is 0 Å². The first-order valence-corrected chi connectivity index (χ1v) is 5.81. The fourth-order valence-electron chi connectivity index (χ4n) is 1.78. The second kappa shape index (κ2) is 5.08. The van der Waals surface area contributed by atoms with Crippen LogP contribution in [0.2, 0.25) is 0 Å². The molecule has 0 radical (unpaired) electrons. The van der Waals surface area contributed by atoms with Crippen molar-refractivity contribution in [1.29, 1.82) is 0 Å². The molecular weight excluding hydrogens is 229 g/mol. The van der Waals surface area contributed by atoms with Crippen molar-refractivity contribution in [2.75, 3.05) is 5.73 Å². The molecule has 2 aromatic carbocycles. The SMILES string of the molecule is Cc1cc(C)c(OCc2ccccc2N)cc1F. The summed E-state index contributed by atoms with van der Waals surface area (Å²) in [6, 6.07) is 10.7. The normalized spacial score (nSPS) is 10.4. The number of nitrogen functional groups attached to an aromatic ring is 1. The van der Waals surface area contributed by atoms with E-state index in [4.69, 9.17) is 10.5 Å². The van der Waals surface area contributed by atoms with Gasteiger partial charge in [-0.3, -0.25) is 0 Å². The van der Waals surface area contributed by atoms with Crippen molar-refractivity contribution in [3.8, 4) is 5.75 Å². The maximum absolute atomic E-state index is 13.5. The first-order valence-electron chi connectivity index (χ1n) is 5.81. The second-order valence-corrected chi connectivity index (χ2v) is 4.35. The molecule has 0 aliphatic carbocycles. The van der Waals surface area contributed by atoms with Crippen LogP contribution in [0.5, 0.6) is 5.75 Å². The summed E-state index contributed by atoms with van der Waals surface area (Å²) < 4.78 is 19.1. The van der Waals surface area contributed by atoms with Gasteiger partial charge in [-0.25, -0.2) is 4.39 Å². The highest BCUT2D eigenvalue weighted by molar-refractivity contribution is 5.46. The van der Waals surface area contributed by atoms with Crippen molar-refractivity contribution in [2.24, 2.45) is 0 Å². The van der Waals surface area contributed by atoms with Gasteiger partial charge in [-0.15, -0.1) is 0 Å². The quantitative estimate of drug-likeness (QED) is 0.838. The molecule has 0 atom stereocenters. The Bertz CT molecular complexity index is 566. The van der Waals surface area contributed by atoms with Gasteiger partial charge in [0.2, 0.25) is 0 Å². The lowest BCUT2D eigenvalue weighted by Crippen LogP contribution is -2.01. The molecular formula is C15H16FNO. The van der Waals surface area contributed by atoms with Gasteiger partial charge in [-0.1, -0.05) is 18.2 Å². The molecule has 0 aliphatic heterocycles. The molecule has 0 fully saturated rings. The Hall–Kier alpha value is -2.03. The van der Waals surface area contributed by atoms with Crippen molar-refractivity contribution < 1.29 is 9.13 Å². The standard InChI is InChI=1S/C15H16FNO/c1-10-7-11(2)15(8-13(10)16)18-9-12-5-3-4-6-14(12)17/h3-8H,9,17H2,1-2H3. The lowest BCUT2D eigenvalue weighted by molar-refractivity contribution is 0.303. The van der Waals surface area contributed by atoms with Crippen LogP contribution in [0.4, 0.5) is 10.1 Å². The number of nitrogens with two attached hydrogens (primary N) is 1. The zero-order valence-corrected chi connectivity index (χ0v) is 10.5. The van der Waals surface area contributed by atoms with Gasteiger partial charge in [0.05, 0.1) is 0 Å². The molecule has 2 N–H and O–H groups in total. The monoisotopic (exact) mass is 245 g/mol. The Labute approximate surface area is 106 Å². The topological polar surface area (TPSA) is 35.2 Å². The van der Waals surface area contributed by atoms with Crippen LogP contribution in [-0.4, -0.2) is 0 Å². The largest absolute Gasteiger partial charge is 0.488 e. The minimum Gasteiger partial charge on any atom is -0.488 e. The van der Waals surface area contributed by atoms with Crippen LogP contribution in [0.3, 0.4) is 0 Å². The molecule has 0 aliphatic rings. The Morgan fingerprint density at radius 2 is 1.83 bits per heavy atom. The Morgan fingerprint density at radius 1 is 1.11 bits per heavy atom. The summed E-state index contributed by atoms with van der Waals surface area (Å²) in [5.74, 6) is 0.304. The Morgan fingerprint density at radius 3 is 2.56 bits per heavy atom. The number of rotatable bonds is 3. The third kappa shape index (κ3) is 2.62. The van der Waals surface area contributed by atoms with Crippen molar-refractivity contribution >= 4 is 5.69 Å². The summed E-state index contributed by atoms with van der Waals surface area (Å²) in [6.45, 7) is 3.98. The summed E-state index contributed by atoms with van der Waals surface area (Å²) in [5.41, 5.74) is 8.95. The molecule has 2 nitrogen and oxygen atoms in total. The summed E-state index contributed by atoms with van der Waals surface area (Å²) >= 11 is 0. The summed E-state index contributed by atoms with van der Waals surface area (Å²) in [5, 5.41) is 0. The number of anilines is 1. The molecule has 0 amide bonds. The number of aryl methyl sites for hydroxylation is 2. The Balaban J connectivity index is 2.16. The van der Waals surface area contributed by atoms with Gasteiger partial charge in [0.1, 0.15) is 18.2 Å². The number of ether oxygens (including phenoxy) is 1. The predicted octanol–water partition coefficient (Wildman–Crippen LogP) is 3.60. The molecule has 3 heteroatoms. The average Bonchev–Trinajstić information content (AvgIpc) is 2.34. The van der Waals surface area contributed by atoms with Crippen molar-refractivity contribution in [3.05, 3.63) is 58.9 Å². The minimum absolute atomic E-state index is 0.253. The second-order valence-electron chi connectivity index (χ2n) is 4.35. The molecule has 0 saturated heterocycles. The van der Waals surface area contributed by atoms with Crippen LogP contribution in [-0.2, 0) is 6.61 Å². The fraction of sp³-hybridized carbons (Fsp3) is 0.200. The molecule has 0 unspecified atom stereocenters. The highest BCUT2D eigenvalue weighted by atomic mass is 19.1. The smallest absolute Gasteiger partial charge is 0.129 e. The van der Waals surface area contributed by atoms with Gasteiger partial charge >= 0.3 is 0 Å². The van der Waals surface area contributed by atoms with Crippen molar-refractivity contribution in [2.45, 2.75) is 20.5 Å². The maximum Gasteiger partial charge on any atom is 0.129 e. The van der Waals surface area contributed by atoms with Gasteiger partial charge < -0.3 is 10.5 Å². The maximum atomic E-state index is 13.5.